The van der Waals surface area contributed by atoms with Crippen LogP contribution in [0.15, 0.2) is 0 Å². The van der Waals surface area contributed by atoms with Crippen LogP contribution in [0.4, 0.5) is 0 Å². The number of ether oxygens (including phenoxy) is 1. The number of nitrogens with one attached hydrogen (secondary N) is 2. The molecule has 0 aliphatic heterocycles. The van der Waals surface area contributed by atoms with Gasteiger partial charge < -0.3 is 10.1 Å². The fraction of sp³-hybridized carbons (Fsp3) is 1.00. The van der Waals surface area contributed by atoms with Crippen molar-refractivity contribution in [1.29, 1.82) is 0 Å². The molecule has 1 aliphatic rings. The molecule has 0 unspecified atom stereocenters. The zero-order chi connectivity index (χ0) is 11.1. The standard InChI is InChI=1S/C9H20N2O3S/c1-10-5-7-15(12,13)11-4-6-14-8-9-2-3-9/h9-11H,2-8H2,1H3. The maximum atomic E-state index is 11.3. The van der Waals surface area contributed by atoms with Crippen LogP contribution in [-0.4, -0.2) is 47.5 Å². The Bertz CT molecular complexity index is 263. The largest absolute Gasteiger partial charge is 0.380 e. The third kappa shape index (κ3) is 6.83. The lowest BCUT2D eigenvalue weighted by atomic mass is 10.5. The highest BCUT2D eigenvalue weighted by atomic mass is 32.2. The van der Waals surface area contributed by atoms with Crippen LogP contribution in [0.25, 0.3) is 0 Å². The van der Waals surface area contributed by atoms with Crippen molar-refractivity contribution in [1.82, 2.24) is 10.0 Å². The van der Waals surface area contributed by atoms with E-state index in [1.807, 2.05) is 0 Å². The van der Waals surface area contributed by atoms with E-state index in [1.54, 1.807) is 7.05 Å². The van der Waals surface area contributed by atoms with Gasteiger partial charge in [0.1, 0.15) is 0 Å². The number of sulfonamides is 1. The summed E-state index contributed by atoms with van der Waals surface area (Å²) in [7, 11) is -1.39. The first-order valence-electron chi connectivity index (χ1n) is 5.34. The fourth-order valence-electron chi connectivity index (χ4n) is 1.11. The Balaban J connectivity index is 1.96. The molecule has 90 valence electrons. The van der Waals surface area contributed by atoms with Gasteiger partial charge in [0.15, 0.2) is 0 Å². The van der Waals surface area contributed by atoms with E-state index in [4.69, 9.17) is 4.74 Å². The molecule has 0 spiro atoms. The molecule has 1 saturated carbocycles. The molecule has 1 aliphatic carbocycles. The first kappa shape index (κ1) is 12.9. The van der Waals surface area contributed by atoms with Crippen molar-refractivity contribution in [3.8, 4) is 0 Å². The van der Waals surface area contributed by atoms with Gasteiger partial charge in [-0.15, -0.1) is 0 Å². The fourth-order valence-corrected chi connectivity index (χ4v) is 2.12. The normalized spacial score (nSPS) is 16.9. The molecule has 1 rings (SSSR count). The van der Waals surface area contributed by atoms with E-state index in [-0.39, 0.29) is 5.75 Å². The summed E-state index contributed by atoms with van der Waals surface area (Å²) in [5.74, 6) is 0.845. The molecule has 0 radical (unpaired) electrons. The van der Waals surface area contributed by atoms with Crippen molar-refractivity contribution in [2.45, 2.75) is 12.8 Å². The van der Waals surface area contributed by atoms with Crippen molar-refractivity contribution >= 4 is 10.0 Å². The quantitative estimate of drug-likeness (QED) is 0.532. The predicted molar refractivity (Wildman–Crippen MR) is 59.3 cm³/mol. The highest BCUT2D eigenvalue weighted by Gasteiger charge is 2.20. The Labute approximate surface area is 91.6 Å². The SMILES string of the molecule is CNCCS(=O)(=O)NCCOCC1CC1. The van der Waals surface area contributed by atoms with E-state index in [2.05, 4.69) is 10.0 Å². The summed E-state index contributed by atoms with van der Waals surface area (Å²) in [6.07, 6.45) is 2.52. The molecule has 5 nitrogen and oxygen atoms in total. The molecule has 0 aromatic carbocycles. The Hall–Kier alpha value is -0.170. The molecule has 0 bridgehead atoms. The van der Waals surface area contributed by atoms with E-state index < -0.39 is 10.0 Å². The summed E-state index contributed by atoms with van der Waals surface area (Å²) in [5, 5.41) is 2.80. The third-order valence-corrected chi connectivity index (χ3v) is 3.63. The summed E-state index contributed by atoms with van der Waals surface area (Å²) in [6.45, 7) is 2.09. The van der Waals surface area contributed by atoms with Crippen molar-refractivity contribution < 1.29 is 13.2 Å². The molecular weight excluding hydrogens is 216 g/mol. The van der Waals surface area contributed by atoms with E-state index in [9.17, 15) is 8.42 Å². The Morgan fingerprint density at radius 2 is 2.07 bits per heavy atom. The molecule has 0 aromatic rings. The maximum absolute atomic E-state index is 11.3. The van der Waals surface area contributed by atoms with Crippen LogP contribution in [0.3, 0.4) is 0 Å². The van der Waals surface area contributed by atoms with Crippen LogP contribution in [0, 0.1) is 5.92 Å². The Morgan fingerprint density at radius 3 is 2.67 bits per heavy atom. The summed E-state index contributed by atoms with van der Waals surface area (Å²) in [6, 6.07) is 0. The first-order chi connectivity index (χ1) is 7.14. The van der Waals surface area contributed by atoms with Crippen molar-refractivity contribution in [2.24, 2.45) is 5.92 Å². The summed E-state index contributed by atoms with van der Waals surface area (Å²) in [5.41, 5.74) is 0. The maximum Gasteiger partial charge on any atom is 0.212 e. The average molecular weight is 236 g/mol. The van der Waals surface area contributed by atoms with E-state index in [0.717, 1.165) is 12.5 Å². The lowest BCUT2D eigenvalue weighted by Gasteiger charge is -2.06. The highest BCUT2D eigenvalue weighted by molar-refractivity contribution is 7.89. The minimum Gasteiger partial charge on any atom is -0.380 e. The zero-order valence-corrected chi connectivity index (χ0v) is 9.98. The second-order valence-corrected chi connectivity index (χ2v) is 5.76. The second-order valence-electron chi connectivity index (χ2n) is 3.84. The summed E-state index contributed by atoms with van der Waals surface area (Å²) in [4.78, 5) is 0. The van der Waals surface area contributed by atoms with Crippen LogP contribution in [0.1, 0.15) is 12.8 Å². The molecular formula is C9H20N2O3S. The molecule has 1 fully saturated rings. The lowest BCUT2D eigenvalue weighted by Crippen LogP contribution is -2.33. The number of hydrogen-bond acceptors (Lipinski definition) is 4. The zero-order valence-electron chi connectivity index (χ0n) is 9.16. The monoisotopic (exact) mass is 236 g/mol. The van der Waals surface area contributed by atoms with E-state index in [1.165, 1.54) is 12.8 Å². The number of hydrogen-bond donors (Lipinski definition) is 2. The van der Waals surface area contributed by atoms with E-state index >= 15 is 0 Å². The van der Waals surface area contributed by atoms with Crippen LogP contribution in [-0.2, 0) is 14.8 Å². The molecule has 2 N–H and O–H groups in total. The molecule has 0 atom stereocenters. The first-order valence-corrected chi connectivity index (χ1v) is 6.99. The molecule has 0 saturated heterocycles. The van der Waals surface area contributed by atoms with Gasteiger partial charge in [-0.1, -0.05) is 0 Å². The molecule has 0 heterocycles. The minimum atomic E-state index is -3.12. The van der Waals surface area contributed by atoms with Gasteiger partial charge in [0.2, 0.25) is 10.0 Å². The van der Waals surface area contributed by atoms with Gasteiger partial charge in [-0.05, 0) is 25.8 Å². The lowest BCUT2D eigenvalue weighted by molar-refractivity contribution is 0.129. The van der Waals surface area contributed by atoms with Gasteiger partial charge in [0, 0.05) is 19.7 Å². The summed E-state index contributed by atoms with van der Waals surface area (Å²) >= 11 is 0. The van der Waals surface area contributed by atoms with E-state index in [0.29, 0.717) is 19.7 Å². The van der Waals surface area contributed by atoms with Crippen LogP contribution < -0.4 is 10.0 Å². The molecule has 15 heavy (non-hydrogen) atoms. The molecule has 6 heteroatoms. The molecule has 0 aromatic heterocycles. The topological polar surface area (TPSA) is 67.4 Å². The van der Waals surface area contributed by atoms with Gasteiger partial charge >= 0.3 is 0 Å². The Morgan fingerprint density at radius 1 is 1.33 bits per heavy atom. The third-order valence-electron chi connectivity index (χ3n) is 2.24. The predicted octanol–water partition coefficient (Wildman–Crippen LogP) is -0.448. The van der Waals surface area contributed by atoms with Gasteiger partial charge in [-0.25, -0.2) is 13.1 Å². The van der Waals surface area contributed by atoms with Crippen molar-refractivity contribution in [3.63, 3.8) is 0 Å². The van der Waals surface area contributed by atoms with Crippen molar-refractivity contribution in [2.75, 3.05) is 39.1 Å². The van der Waals surface area contributed by atoms with Gasteiger partial charge in [-0.2, -0.15) is 0 Å². The smallest absolute Gasteiger partial charge is 0.212 e. The van der Waals surface area contributed by atoms with Crippen LogP contribution in [0.5, 0.6) is 0 Å². The molecule has 0 amide bonds. The Kier molecular flexibility index (Phi) is 5.52. The van der Waals surface area contributed by atoms with Gasteiger partial charge in [-0.3, -0.25) is 0 Å². The second kappa shape index (κ2) is 6.42. The van der Waals surface area contributed by atoms with Gasteiger partial charge in [0.25, 0.3) is 0 Å². The van der Waals surface area contributed by atoms with Crippen LogP contribution in [0.2, 0.25) is 0 Å². The van der Waals surface area contributed by atoms with Crippen molar-refractivity contribution in [3.05, 3.63) is 0 Å². The minimum absolute atomic E-state index is 0.117. The summed E-state index contributed by atoms with van der Waals surface area (Å²) < 4.78 is 30.4. The highest BCUT2D eigenvalue weighted by Crippen LogP contribution is 2.28. The number of rotatable bonds is 9. The average Bonchev–Trinajstić information content (AvgIpc) is 2.98. The van der Waals surface area contributed by atoms with Gasteiger partial charge in [0.05, 0.1) is 12.4 Å². The van der Waals surface area contributed by atoms with Crippen LogP contribution >= 0.6 is 0 Å².